The van der Waals surface area contributed by atoms with Gasteiger partial charge in [-0.1, -0.05) is 31.4 Å². The quantitative estimate of drug-likeness (QED) is 0.493. The maximum absolute atomic E-state index is 14.1. The molecular weight excluding hydrogens is 453 g/mol. The first-order valence-electron chi connectivity index (χ1n) is 11.5. The van der Waals surface area contributed by atoms with E-state index in [1.807, 2.05) is 0 Å². The molecule has 184 valence electrons. The van der Waals surface area contributed by atoms with Crippen molar-refractivity contribution in [2.75, 3.05) is 14.2 Å². The van der Waals surface area contributed by atoms with Gasteiger partial charge in [0.05, 0.1) is 31.2 Å². The number of carboxylic acids is 1. The summed E-state index contributed by atoms with van der Waals surface area (Å²) in [6, 6.07) is 11.6. The SMILES string of the molecule is COc1cccc(OC)c1-c1cc(C(=O)N[C@H](C(=O)O)C2CCCCC2)nn1-c1cccc(F)c1. The number of aromatic nitrogens is 2. The van der Waals surface area contributed by atoms with E-state index in [2.05, 4.69) is 10.4 Å². The molecule has 1 heterocycles. The molecule has 1 aromatic heterocycles. The van der Waals surface area contributed by atoms with E-state index in [-0.39, 0.29) is 11.6 Å². The zero-order valence-electron chi connectivity index (χ0n) is 19.7. The highest BCUT2D eigenvalue weighted by molar-refractivity contribution is 5.96. The monoisotopic (exact) mass is 481 g/mol. The summed E-state index contributed by atoms with van der Waals surface area (Å²) >= 11 is 0. The summed E-state index contributed by atoms with van der Waals surface area (Å²) in [7, 11) is 3.02. The smallest absolute Gasteiger partial charge is 0.326 e. The van der Waals surface area contributed by atoms with E-state index in [1.165, 1.54) is 37.1 Å². The van der Waals surface area contributed by atoms with Gasteiger partial charge in [0, 0.05) is 0 Å². The van der Waals surface area contributed by atoms with Crippen LogP contribution >= 0.6 is 0 Å². The fraction of sp³-hybridized carbons (Fsp3) is 0.346. The van der Waals surface area contributed by atoms with Gasteiger partial charge in [0.25, 0.3) is 5.91 Å². The van der Waals surface area contributed by atoms with Crippen molar-refractivity contribution in [2.24, 2.45) is 5.92 Å². The third kappa shape index (κ3) is 5.13. The number of methoxy groups -OCH3 is 2. The lowest BCUT2D eigenvalue weighted by Crippen LogP contribution is -2.46. The van der Waals surface area contributed by atoms with Crippen LogP contribution < -0.4 is 14.8 Å². The van der Waals surface area contributed by atoms with Gasteiger partial charge < -0.3 is 19.9 Å². The highest BCUT2D eigenvalue weighted by Crippen LogP contribution is 2.39. The maximum atomic E-state index is 14.1. The number of carbonyl (C=O) groups excluding carboxylic acids is 1. The highest BCUT2D eigenvalue weighted by atomic mass is 19.1. The van der Waals surface area contributed by atoms with Crippen molar-refractivity contribution in [1.29, 1.82) is 0 Å². The van der Waals surface area contributed by atoms with E-state index >= 15 is 0 Å². The van der Waals surface area contributed by atoms with Crippen LogP contribution in [0.4, 0.5) is 4.39 Å². The lowest BCUT2D eigenvalue weighted by Gasteiger charge is -2.27. The Morgan fingerprint density at radius 3 is 2.31 bits per heavy atom. The molecule has 1 amide bonds. The average molecular weight is 482 g/mol. The largest absolute Gasteiger partial charge is 0.496 e. The molecule has 0 unspecified atom stereocenters. The highest BCUT2D eigenvalue weighted by Gasteiger charge is 2.32. The van der Waals surface area contributed by atoms with Crippen molar-refractivity contribution < 1.29 is 28.6 Å². The third-order valence-electron chi connectivity index (χ3n) is 6.35. The molecule has 1 aliphatic carbocycles. The van der Waals surface area contributed by atoms with Crippen LogP contribution in [0.1, 0.15) is 42.6 Å². The average Bonchev–Trinajstić information content (AvgIpc) is 3.32. The van der Waals surface area contributed by atoms with Crippen molar-refractivity contribution in [3.8, 4) is 28.4 Å². The lowest BCUT2D eigenvalue weighted by molar-refractivity contribution is -0.141. The second kappa shape index (κ2) is 10.6. The second-order valence-electron chi connectivity index (χ2n) is 8.53. The molecule has 8 nitrogen and oxygen atoms in total. The molecule has 0 aliphatic heterocycles. The molecule has 2 N–H and O–H groups in total. The van der Waals surface area contributed by atoms with E-state index in [0.29, 0.717) is 28.4 Å². The predicted octanol–water partition coefficient (Wildman–Crippen LogP) is 4.46. The van der Waals surface area contributed by atoms with Gasteiger partial charge in [-0.2, -0.15) is 5.10 Å². The fourth-order valence-electron chi connectivity index (χ4n) is 4.64. The van der Waals surface area contributed by atoms with Gasteiger partial charge in [0.15, 0.2) is 5.69 Å². The fourth-order valence-corrected chi connectivity index (χ4v) is 4.64. The third-order valence-corrected chi connectivity index (χ3v) is 6.35. The van der Waals surface area contributed by atoms with Gasteiger partial charge in [-0.25, -0.2) is 13.9 Å². The van der Waals surface area contributed by atoms with Crippen LogP contribution in [0.25, 0.3) is 16.9 Å². The standard InChI is InChI=1S/C26H28FN3O5/c1-34-21-12-7-13-22(35-2)23(21)20-15-19(29-30(20)18-11-6-10-17(27)14-18)25(31)28-24(26(32)33)16-8-4-3-5-9-16/h6-7,10-16,24H,3-5,8-9H2,1-2H3,(H,28,31)(H,32,33)/t24-/m0/s1. The summed E-state index contributed by atoms with van der Waals surface area (Å²) in [5, 5.41) is 16.9. The summed E-state index contributed by atoms with van der Waals surface area (Å²) in [4.78, 5) is 25.2. The molecule has 9 heteroatoms. The number of nitrogens with zero attached hydrogens (tertiary/aromatic N) is 2. The van der Waals surface area contributed by atoms with Crippen LogP contribution in [-0.4, -0.2) is 47.0 Å². The first kappa shape index (κ1) is 24.3. The summed E-state index contributed by atoms with van der Waals surface area (Å²) in [6.07, 6.45) is 4.45. The molecule has 1 aliphatic rings. The van der Waals surface area contributed by atoms with Gasteiger partial charge in [0.1, 0.15) is 23.4 Å². The number of hydrogen-bond acceptors (Lipinski definition) is 5. The summed E-state index contributed by atoms with van der Waals surface area (Å²) < 4.78 is 26.6. The van der Waals surface area contributed by atoms with Crippen LogP contribution in [0.15, 0.2) is 48.5 Å². The van der Waals surface area contributed by atoms with Crippen molar-refractivity contribution >= 4 is 11.9 Å². The van der Waals surface area contributed by atoms with Gasteiger partial charge in [-0.3, -0.25) is 4.79 Å². The topological polar surface area (TPSA) is 103 Å². The minimum atomic E-state index is -1.07. The van der Waals surface area contributed by atoms with Crippen LogP contribution in [0.5, 0.6) is 11.5 Å². The molecule has 1 fully saturated rings. The van der Waals surface area contributed by atoms with Gasteiger partial charge in [-0.15, -0.1) is 0 Å². The number of ether oxygens (including phenoxy) is 2. The Balaban J connectivity index is 1.79. The maximum Gasteiger partial charge on any atom is 0.326 e. The van der Waals surface area contributed by atoms with Crippen molar-refractivity contribution in [3.63, 3.8) is 0 Å². The van der Waals surface area contributed by atoms with E-state index in [0.717, 1.165) is 32.1 Å². The van der Waals surface area contributed by atoms with E-state index in [9.17, 15) is 19.1 Å². The molecule has 0 spiro atoms. The normalized spacial score (nSPS) is 14.8. The molecule has 4 rings (SSSR count). The molecule has 35 heavy (non-hydrogen) atoms. The van der Waals surface area contributed by atoms with Crippen LogP contribution in [-0.2, 0) is 4.79 Å². The Kier molecular flexibility index (Phi) is 7.33. The van der Waals surface area contributed by atoms with Crippen LogP contribution in [0, 0.1) is 11.7 Å². The molecule has 1 atom stereocenters. The Bertz CT molecular complexity index is 1200. The van der Waals surface area contributed by atoms with Crippen LogP contribution in [0.2, 0.25) is 0 Å². The number of rotatable bonds is 8. The van der Waals surface area contributed by atoms with Crippen LogP contribution in [0.3, 0.4) is 0 Å². The molecule has 0 radical (unpaired) electrons. The zero-order valence-corrected chi connectivity index (χ0v) is 19.7. The van der Waals surface area contributed by atoms with Crippen molar-refractivity contribution in [1.82, 2.24) is 15.1 Å². The summed E-state index contributed by atoms with van der Waals surface area (Å²) in [6.45, 7) is 0. The first-order valence-corrected chi connectivity index (χ1v) is 11.5. The lowest BCUT2D eigenvalue weighted by atomic mass is 9.84. The van der Waals surface area contributed by atoms with Gasteiger partial charge in [0.2, 0.25) is 0 Å². The van der Waals surface area contributed by atoms with Crippen molar-refractivity contribution in [2.45, 2.75) is 38.1 Å². The molecule has 3 aromatic rings. The first-order chi connectivity index (χ1) is 16.9. The number of hydrogen-bond donors (Lipinski definition) is 2. The van der Waals surface area contributed by atoms with E-state index < -0.39 is 23.7 Å². The number of carboxylic acid groups (broad SMARTS) is 1. The molecule has 0 saturated heterocycles. The number of aliphatic carboxylic acids is 1. The number of nitrogens with one attached hydrogen (secondary N) is 1. The zero-order chi connectivity index (χ0) is 24.9. The second-order valence-corrected chi connectivity index (χ2v) is 8.53. The molecule has 1 saturated carbocycles. The van der Waals surface area contributed by atoms with Crippen molar-refractivity contribution in [3.05, 3.63) is 60.0 Å². The van der Waals surface area contributed by atoms with E-state index in [1.54, 1.807) is 30.3 Å². The minimum absolute atomic E-state index is 0.000667. The molecule has 0 bridgehead atoms. The summed E-state index contributed by atoms with van der Waals surface area (Å²) in [5.41, 5.74) is 1.34. The van der Waals surface area contributed by atoms with E-state index in [4.69, 9.17) is 9.47 Å². The number of benzene rings is 2. The Morgan fingerprint density at radius 2 is 1.71 bits per heavy atom. The predicted molar refractivity (Wildman–Crippen MR) is 128 cm³/mol. The Hall–Kier alpha value is -3.88. The summed E-state index contributed by atoms with van der Waals surface area (Å²) in [5.74, 6) is -1.34. The van der Waals surface area contributed by atoms with Gasteiger partial charge >= 0.3 is 5.97 Å². The number of halogens is 1. The Morgan fingerprint density at radius 1 is 1.06 bits per heavy atom. The number of amides is 1. The Labute approximate surface area is 202 Å². The molecular formula is C26H28FN3O5. The number of carbonyl (C=O) groups is 2. The van der Waals surface area contributed by atoms with Gasteiger partial charge in [-0.05, 0) is 55.2 Å². The molecule has 2 aromatic carbocycles. The minimum Gasteiger partial charge on any atom is -0.496 e.